The van der Waals surface area contributed by atoms with Crippen LogP contribution in [0.5, 0.6) is 17.2 Å². The summed E-state index contributed by atoms with van der Waals surface area (Å²) in [5, 5.41) is 83.2. The normalized spacial score (nSPS) is 11.7. The average Bonchev–Trinajstić information content (AvgIpc) is 3.42. The van der Waals surface area contributed by atoms with E-state index in [0.717, 1.165) is 115 Å². The second-order valence-electron chi connectivity index (χ2n) is 18.6. The zero-order chi connectivity index (χ0) is 53.0. The molecule has 0 bridgehead atoms. The van der Waals surface area contributed by atoms with E-state index in [9.17, 15) is 40.5 Å². The largest absolute Gasteiger partial charge is 0.508 e. The molecule has 0 fully saturated rings. The van der Waals surface area contributed by atoms with Crippen molar-refractivity contribution in [2.45, 2.75) is 115 Å². The van der Waals surface area contributed by atoms with Gasteiger partial charge in [-0.25, -0.2) is 4.79 Å². The number of aryl methyl sites for hydroxylation is 2. The summed E-state index contributed by atoms with van der Waals surface area (Å²) in [4.78, 5) is 10.7. The molecule has 13 nitrogen and oxygen atoms in total. The van der Waals surface area contributed by atoms with Crippen LogP contribution in [-0.2, 0) is 35.5 Å². The predicted molar refractivity (Wildman–Crippen MR) is 299 cm³/mol. The molecule has 0 aromatic heterocycles. The lowest BCUT2D eigenvalue weighted by Crippen LogP contribution is -2.85. The monoisotopic (exact) mass is 1030 g/mol. The van der Waals surface area contributed by atoms with Gasteiger partial charge in [0.05, 0.1) is 25.9 Å². The number of carboxylic acid groups (broad SMARTS) is 1. The highest BCUT2D eigenvalue weighted by Gasteiger charge is 2.14. The molecule has 0 saturated heterocycles. The summed E-state index contributed by atoms with van der Waals surface area (Å²) in [5.74, 6) is -1.17. The number of aliphatic hydroxyl groups excluding tert-OH is 4. The molecule has 0 amide bonds. The molecule has 0 aliphatic heterocycles. The van der Waals surface area contributed by atoms with Crippen LogP contribution in [0.4, 0.5) is 0 Å². The number of phenols is 3. The first-order valence-electron chi connectivity index (χ1n) is 26.5. The molecule has 11 N–H and O–H groups in total. The first-order valence-corrected chi connectivity index (χ1v) is 26.5. The van der Waals surface area contributed by atoms with Gasteiger partial charge >= 0.3 is 5.97 Å². The summed E-state index contributed by atoms with van der Waals surface area (Å²) in [5.41, 5.74) is 5.05. The third-order valence-electron chi connectivity index (χ3n) is 12.7. The van der Waals surface area contributed by atoms with E-state index in [1.165, 1.54) is 55.0 Å². The van der Waals surface area contributed by atoms with Gasteiger partial charge in [0.25, 0.3) is 0 Å². The van der Waals surface area contributed by atoms with E-state index < -0.39 is 18.2 Å². The topological polar surface area (TPSA) is 226 Å². The summed E-state index contributed by atoms with van der Waals surface area (Å²) in [6.45, 7) is 5.82. The van der Waals surface area contributed by atoms with E-state index >= 15 is 0 Å². The van der Waals surface area contributed by atoms with E-state index in [1.807, 2.05) is 12.1 Å². The Morgan fingerprint density at radius 1 is 0.533 bits per heavy atom. The molecule has 410 valence electrons. The van der Waals surface area contributed by atoms with Crippen molar-refractivity contribution in [3.05, 3.63) is 180 Å². The molecular weight excluding hydrogens is 949 g/mol. The zero-order valence-electron chi connectivity index (χ0n) is 44.2. The van der Waals surface area contributed by atoms with Gasteiger partial charge in [-0.1, -0.05) is 122 Å². The van der Waals surface area contributed by atoms with Gasteiger partial charge in [-0.3, -0.25) is 0 Å². The summed E-state index contributed by atoms with van der Waals surface area (Å²) >= 11 is 0. The van der Waals surface area contributed by atoms with Crippen molar-refractivity contribution in [2.75, 3.05) is 52.6 Å². The Morgan fingerprint density at radius 2 is 1.01 bits per heavy atom. The number of hydrogen-bond donors (Lipinski definition) is 10. The summed E-state index contributed by atoms with van der Waals surface area (Å²) in [6.07, 6.45) is 14.7. The fourth-order valence-electron chi connectivity index (χ4n) is 8.29. The first-order chi connectivity index (χ1) is 36.1. The van der Waals surface area contributed by atoms with E-state index in [1.54, 1.807) is 42.5 Å². The van der Waals surface area contributed by atoms with Crippen LogP contribution >= 0.6 is 0 Å². The molecule has 75 heavy (non-hydrogen) atoms. The number of rotatable bonds is 33. The number of fused-ring (bicyclic) bond motifs is 1. The number of aromatic carboxylic acids is 1. The molecule has 0 aliphatic rings. The predicted octanol–water partition coefficient (Wildman–Crippen LogP) is 9.88. The van der Waals surface area contributed by atoms with Crippen molar-refractivity contribution in [3.63, 3.8) is 0 Å². The van der Waals surface area contributed by atoms with Crippen LogP contribution in [0.1, 0.15) is 133 Å². The van der Waals surface area contributed by atoms with Crippen LogP contribution in [0, 0.1) is 7.43 Å². The van der Waals surface area contributed by atoms with Crippen molar-refractivity contribution in [1.82, 2.24) is 5.32 Å². The molecule has 13 heteroatoms. The summed E-state index contributed by atoms with van der Waals surface area (Å²) in [6, 6.07) is 41.1. The van der Waals surface area contributed by atoms with Crippen LogP contribution in [0.25, 0.3) is 10.8 Å². The highest BCUT2D eigenvalue weighted by atomic mass is 16.5. The van der Waals surface area contributed by atoms with Crippen molar-refractivity contribution >= 4 is 16.7 Å². The van der Waals surface area contributed by atoms with Crippen molar-refractivity contribution in [3.8, 4) is 17.2 Å². The second-order valence-corrected chi connectivity index (χ2v) is 18.6. The lowest BCUT2D eigenvalue weighted by Gasteiger charge is -2.14. The van der Waals surface area contributed by atoms with E-state index in [0.29, 0.717) is 35.2 Å². The maximum atomic E-state index is 10.7. The van der Waals surface area contributed by atoms with Gasteiger partial charge in [0.2, 0.25) is 0 Å². The number of nitrogens with two attached hydrogens (primary N) is 1. The van der Waals surface area contributed by atoms with Crippen molar-refractivity contribution in [1.29, 1.82) is 0 Å². The molecule has 2 unspecified atom stereocenters. The number of aromatic hydroxyl groups is 3. The number of ether oxygens (including phenoxy) is 2. The molecule has 6 rings (SSSR count). The Hall–Kier alpha value is -5.87. The number of unbranched alkanes of at least 4 members (excludes halogenated alkanes) is 8. The highest BCUT2D eigenvalue weighted by Crippen LogP contribution is 2.28. The quantitative estimate of drug-likeness (QED) is 0.0137. The average molecular weight is 1040 g/mol. The molecule has 0 saturated carbocycles. The van der Waals surface area contributed by atoms with Crippen molar-refractivity contribution in [2.24, 2.45) is 0 Å². The molecule has 2 atom stereocenters. The fourth-order valence-corrected chi connectivity index (χ4v) is 8.29. The second kappa shape index (κ2) is 38.6. The summed E-state index contributed by atoms with van der Waals surface area (Å²) < 4.78 is 11.5. The Morgan fingerprint density at radius 3 is 1.55 bits per heavy atom. The van der Waals surface area contributed by atoms with Gasteiger partial charge < -0.3 is 68.4 Å². The Labute approximate surface area is 445 Å². The highest BCUT2D eigenvalue weighted by molar-refractivity contribution is 6.00. The van der Waals surface area contributed by atoms with E-state index in [-0.39, 0.29) is 43.5 Å². The summed E-state index contributed by atoms with van der Waals surface area (Å²) in [7, 11) is 0. The number of nitrogens with one attached hydrogen (secondary N) is 1. The first kappa shape index (κ1) is 63.4. The Bertz CT molecular complexity index is 2300. The smallest absolute Gasteiger partial charge is 0.339 e. The van der Waals surface area contributed by atoms with Crippen LogP contribution < -0.4 is 10.6 Å². The van der Waals surface area contributed by atoms with Gasteiger partial charge in [0, 0.05) is 49.5 Å². The van der Waals surface area contributed by atoms with Gasteiger partial charge in [0.15, 0.2) is 0 Å². The zero-order valence-corrected chi connectivity index (χ0v) is 44.2. The van der Waals surface area contributed by atoms with Crippen molar-refractivity contribution < 1.29 is 60.4 Å². The number of carbonyl (C=O) groups is 1. The molecule has 0 spiro atoms. The maximum absolute atomic E-state index is 10.7. The van der Waals surface area contributed by atoms with Gasteiger partial charge in [-0.2, -0.15) is 0 Å². The maximum Gasteiger partial charge on any atom is 0.339 e. The van der Waals surface area contributed by atoms with Crippen LogP contribution in [0.15, 0.2) is 133 Å². The Balaban J connectivity index is 0.000000313. The number of quaternary nitrogens is 1. The third-order valence-corrected chi connectivity index (χ3v) is 12.7. The molecule has 6 aromatic rings. The molecule has 6 aromatic carbocycles. The lowest BCUT2D eigenvalue weighted by atomic mass is 10.1. The standard InChI is InChI=1S/2C25H37NO4.C11H8O3.CH3/c2*27-20-23-18-22(13-14-24(23)28)25(29)19-26-15-7-1-2-8-16-30-17-9-6-12-21-10-4-3-5-11-21;12-10-8-4-2-1-3-7(8)5-6-9(10)11(13)14;/h2*3-5,10-11,13-14,18,25-29H,1-2,6-9,12,15-17,19-20H2;1-6,12H,(H,13,14);1H3/q;;;-1/p+1. The SMILES string of the molecule is O=C(O)c1ccc2ccccc2c1O.OCc1cc(C(O)CNCCCCCCOCCCCc2ccccc2)ccc1O.OCc1cc(C(O)C[NH2+]CCCCCCOCCCCc2ccccc2)ccc1O.[CH3-]. The van der Waals surface area contributed by atoms with Crippen LogP contribution in [0.3, 0.4) is 0 Å². The number of benzene rings is 6. The van der Waals surface area contributed by atoms with Gasteiger partial charge in [-0.05, 0) is 135 Å². The minimum atomic E-state index is -1.12. The molecule has 0 radical (unpaired) electrons. The number of aliphatic hydroxyl groups is 4. The number of hydrogen-bond acceptors (Lipinski definition) is 11. The molecule has 0 aliphatic carbocycles. The third kappa shape index (κ3) is 25.5. The Kier molecular flexibility index (Phi) is 32.7. The van der Waals surface area contributed by atoms with Crippen LogP contribution in [-0.4, -0.2) is 99.4 Å². The molecular formula is C62H86N2O11. The van der Waals surface area contributed by atoms with Gasteiger partial charge in [0.1, 0.15) is 35.5 Å². The van der Waals surface area contributed by atoms with Crippen LogP contribution in [0.2, 0.25) is 0 Å². The fraction of sp³-hybridized carbons (Fsp3) is 0.419. The lowest BCUT2D eigenvalue weighted by molar-refractivity contribution is -0.662. The molecule has 0 heterocycles. The minimum Gasteiger partial charge on any atom is -0.508 e. The minimum absolute atomic E-state index is 0. The van der Waals surface area contributed by atoms with E-state index in [4.69, 9.17) is 14.6 Å². The van der Waals surface area contributed by atoms with E-state index in [2.05, 4.69) is 71.3 Å². The van der Waals surface area contributed by atoms with Gasteiger partial charge in [-0.15, -0.1) is 0 Å². The number of carboxylic acids is 1.